The van der Waals surface area contributed by atoms with Gasteiger partial charge >= 0.3 is 0 Å². The summed E-state index contributed by atoms with van der Waals surface area (Å²) in [6.07, 6.45) is 8.64. The standard InChI is InChI=1S/C19H38N4O.HI/c1-6-7-8-9-10-13-22(5)19(20-4)21-12-11-14-23-15-17(2)24-18(3)16-23;/h6,17-18H,1,7-16H2,2-5H3,(H,20,21);1H. The fraction of sp³-hybridized carbons (Fsp3) is 0.842. The van der Waals surface area contributed by atoms with E-state index < -0.39 is 0 Å². The van der Waals surface area contributed by atoms with E-state index in [0.29, 0.717) is 12.2 Å². The van der Waals surface area contributed by atoms with Crippen LogP contribution in [-0.4, -0.2) is 74.8 Å². The van der Waals surface area contributed by atoms with E-state index in [0.717, 1.165) is 51.5 Å². The van der Waals surface area contributed by atoms with Crippen molar-refractivity contribution in [2.75, 3.05) is 46.8 Å². The minimum atomic E-state index is 0. The van der Waals surface area contributed by atoms with Crippen molar-refractivity contribution in [1.82, 2.24) is 15.1 Å². The van der Waals surface area contributed by atoms with Crippen LogP contribution in [0.15, 0.2) is 17.6 Å². The average Bonchev–Trinajstić information content (AvgIpc) is 2.53. The number of aliphatic imine (C=N–C) groups is 1. The van der Waals surface area contributed by atoms with Crippen molar-refractivity contribution in [2.45, 2.75) is 58.2 Å². The molecule has 0 radical (unpaired) electrons. The van der Waals surface area contributed by atoms with Gasteiger partial charge in [0.25, 0.3) is 0 Å². The van der Waals surface area contributed by atoms with Gasteiger partial charge in [0.15, 0.2) is 5.96 Å². The number of hydrogen-bond donors (Lipinski definition) is 1. The Labute approximate surface area is 172 Å². The molecule has 0 aromatic rings. The first-order valence-corrected chi connectivity index (χ1v) is 9.47. The molecule has 148 valence electrons. The topological polar surface area (TPSA) is 40.1 Å². The van der Waals surface area contributed by atoms with Crippen LogP contribution in [0.2, 0.25) is 0 Å². The fourth-order valence-corrected chi connectivity index (χ4v) is 3.27. The van der Waals surface area contributed by atoms with Gasteiger partial charge in [0, 0.05) is 46.8 Å². The third-order valence-corrected chi connectivity index (χ3v) is 4.40. The van der Waals surface area contributed by atoms with Crippen LogP contribution in [-0.2, 0) is 4.74 Å². The summed E-state index contributed by atoms with van der Waals surface area (Å²) in [6.45, 7) is 13.3. The Hall–Kier alpha value is -0.340. The number of morpholine rings is 1. The van der Waals surface area contributed by atoms with E-state index in [4.69, 9.17) is 4.74 Å². The molecular formula is C19H39IN4O. The minimum Gasteiger partial charge on any atom is -0.373 e. The monoisotopic (exact) mass is 466 g/mol. The van der Waals surface area contributed by atoms with Gasteiger partial charge in [0.1, 0.15) is 0 Å². The Morgan fingerprint density at radius 3 is 2.52 bits per heavy atom. The second-order valence-corrected chi connectivity index (χ2v) is 6.90. The molecule has 1 aliphatic heterocycles. The molecular weight excluding hydrogens is 427 g/mol. The number of halogens is 1. The molecule has 1 fully saturated rings. The number of guanidine groups is 1. The number of rotatable bonds is 10. The van der Waals surface area contributed by atoms with Crippen molar-refractivity contribution >= 4 is 29.9 Å². The second kappa shape index (κ2) is 14.8. The zero-order chi connectivity index (χ0) is 17.8. The van der Waals surface area contributed by atoms with Crippen LogP contribution in [0.1, 0.15) is 46.0 Å². The number of ether oxygens (including phenoxy) is 1. The van der Waals surface area contributed by atoms with Crippen LogP contribution in [0.4, 0.5) is 0 Å². The Bertz CT molecular complexity index is 368. The molecule has 0 saturated carbocycles. The van der Waals surface area contributed by atoms with Crippen LogP contribution in [0, 0.1) is 0 Å². The summed E-state index contributed by atoms with van der Waals surface area (Å²) in [5, 5.41) is 3.49. The third kappa shape index (κ3) is 11.1. The molecule has 1 saturated heterocycles. The fourth-order valence-electron chi connectivity index (χ4n) is 3.27. The lowest BCUT2D eigenvalue weighted by Gasteiger charge is -2.35. The quantitative estimate of drug-likeness (QED) is 0.176. The molecule has 2 unspecified atom stereocenters. The second-order valence-electron chi connectivity index (χ2n) is 6.90. The highest BCUT2D eigenvalue weighted by Gasteiger charge is 2.21. The molecule has 2 atom stereocenters. The van der Waals surface area contributed by atoms with Gasteiger partial charge in [-0.3, -0.25) is 9.89 Å². The van der Waals surface area contributed by atoms with Gasteiger partial charge in [-0.2, -0.15) is 0 Å². The predicted molar refractivity (Wildman–Crippen MR) is 119 cm³/mol. The highest BCUT2D eigenvalue weighted by Crippen LogP contribution is 2.10. The first kappa shape index (κ1) is 24.7. The van der Waals surface area contributed by atoms with Crippen LogP contribution < -0.4 is 5.32 Å². The van der Waals surface area contributed by atoms with Crippen LogP contribution in [0.25, 0.3) is 0 Å². The number of nitrogens with one attached hydrogen (secondary N) is 1. The molecule has 25 heavy (non-hydrogen) atoms. The van der Waals surface area contributed by atoms with Gasteiger partial charge in [-0.1, -0.05) is 12.5 Å². The lowest BCUT2D eigenvalue weighted by molar-refractivity contribution is -0.0679. The number of unbranched alkanes of at least 4 members (excludes halogenated alkanes) is 3. The van der Waals surface area contributed by atoms with Gasteiger partial charge in [0.05, 0.1) is 12.2 Å². The van der Waals surface area contributed by atoms with Crippen LogP contribution in [0.3, 0.4) is 0 Å². The zero-order valence-electron chi connectivity index (χ0n) is 16.7. The largest absolute Gasteiger partial charge is 0.373 e. The normalized spacial score (nSPS) is 21.5. The molecule has 1 N–H and O–H groups in total. The highest BCUT2D eigenvalue weighted by molar-refractivity contribution is 14.0. The van der Waals surface area contributed by atoms with E-state index in [1.807, 2.05) is 13.1 Å². The summed E-state index contributed by atoms with van der Waals surface area (Å²) < 4.78 is 5.78. The smallest absolute Gasteiger partial charge is 0.193 e. The molecule has 0 amide bonds. The van der Waals surface area contributed by atoms with Gasteiger partial charge in [-0.15, -0.1) is 30.6 Å². The van der Waals surface area contributed by atoms with E-state index in [2.05, 4.69) is 47.6 Å². The molecule has 6 heteroatoms. The summed E-state index contributed by atoms with van der Waals surface area (Å²) in [6, 6.07) is 0. The molecule has 0 spiro atoms. The maximum absolute atomic E-state index is 5.78. The molecule has 1 aliphatic rings. The molecule has 5 nitrogen and oxygen atoms in total. The van der Waals surface area contributed by atoms with E-state index in [-0.39, 0.29) is 24.0 Å². The first-order chi connectivity index (χ1) is 11.6. The van der Waals surface area contributed by atoms with Crippen molar-refractivity contribution < 1.29 is 4.74 Å². The predicted octanol–water partition coefficient (Wildman–Crippen LogP) is 3.36. The van der Waals surface area contributed by atoms with Crippen molar-refractivity contribution in [2.24, 2.45) is 4.99 Å². The van der Waals surface area contributed by atoms with Crippen molar-refractivity contribution in [3.8, 4) is 0 Å². The Kier molecular flexibility index (Phi) is 14.6. The van der Waals surface area contributed by atoms with Gasteiger partial charge < -0.3 is 15.0 Å². The van der Waals surface area contributed by atoms with Gasteiger partial charge in [-0.25, -0.2) is 0 Å². The summed E-state index contributed by atoms with van der Waals surface area (Å²) in [5.41, 5.74) is 0. The Morgan fingerprint density at radius 2 is 1.92 bits per heavy atom. The van der Waals surface area contributed by atoms with E-state index in [1.165, 1.54) is 19.3 Å². The van der Waals surface area contributed by atoms with E-state index >= 15 is 0 Å². The van der Waals surface area contributed by atoms with E-state index in [1.54, 1.807) is 0 Å². The molecule has 1 rings (SSSR count). The summed E-state index contributed by atoms with van der Waals surface area (Å²) >= 11 is 0. The third-order valence-electron chi connectivity index (χ3n) is 4.40. The number of allylic oxidation sites excluding steroid dienone is 1. The van der Waals surface area contributed by atoms with E-state index in [9.17, 15) is 0 Å². The average molecular weight is 466 g/mol. The van der Waals surface area contributed by atoms with Crippen LogP contribution in [0.5, 0.6) is 0 Å². The number of hydrogen-bond acceptors (Lipinski definition) is 3. The van der Waals surface area contributed by atoms with Crippen LogP contribution >= 0.6 is 24.0 Å². The lowest BCUT2D eigenvalue weighted by Crippen LogP contribution is -2.46. The molecule has 0 bridgehead atoms. The summed E-state index contributed by atoms with van der Waals surface area (Å²) in [4.78, 5) is 9.13. The van der Waals surface area contributed by atoms with Crippen molar-refractivity contribution in [3.05, 3.63) is 12.7 Å². The van der Waals surface area contributed by atoms with Gasteiger partial charge in [0.2, 0.25) is 0 Å². The van der Waals surface area contributed by atoms with Crippen molar-refractivity contribution in [3.63, 3.8) is 0 Å². The molecule has 0 aliphatic carbocycles. The SMILES string of the molecule is C=CCCCCCN(C)C(=NC)NCCCN1CC(C)OC(C)C1.I. The Morgan fingerprint density at radius 1 is 1.24 bits per heavy atom. The zero-order valence-corrected chi connectivity index (χ0v) is 19.0. The first-order valence-electron chi connectivity index (χ1n) is 9.47. The Balaban J connectivity index is 0.00000576. The summed E-state index contributed by atoms with van der Waals surface area (Å²) in [7, 11) is 3.98. The maximum atomic E-state index is 5.78. The maximum Gasteiger partial charge on any atom is 0.193 e. The number of nitrogens with zero attached hydrogens (tertiary/aromatic N) is 3. The van der Waals surface area contributed by atoms with Crippen molar-refractivity contribution in [1.29, 1.82) is 0 Å². The molecule has 0 aromatic heterocycles. The highest BCUT2D eigenvalue weighted by atomic mass is 127. The van der Waals surface area contributed by atoms with Gasteiger partial charge in [-0.05, 0) is 39.5 Å². The summed E-state index contributed by atoms with van der Waals surface area (Å²) in [5.74, 6) is 1.00. The molecule has 0 aromatic carbocycles. The lowest BCUT2D eigenvalue weighted by atomic mass is 10.2. The molecule has 1 heterocycles. The minimum absolute atomic E-state index is 0.